The van der Waals surface area contributed by atoms with Crippen molar-refractivity contribution in [2.75, 3.05) is 11.1 Å². The molecule has 4 aromatic rings. The first-order chi connectivity index (χ1) is 14.7. The molecule has 150 valence electrons. The van der Waals surface area contributed by atoms with Gasteiger partial charge in [-0.3, -0.25) is 0 Å². The smallest absolute Gasteiger partial charge is 0.232 e. The number of benzene rings is 2. The summed E-state index contributed by atoms with van der Waals surface area (Å²) >= 11 is 1.81. The van der Waals surface area contributed by atoms with E-state index >= 15 is 0 Å². The van der Waals surface area contributed by atoms with E-state index in [0.29, 0.717) is 18.3 Å². The van der Waals surface area contributed by atoms with Gasteiger partial charge in [-0.05, 0) is 30.0 Å². The van der Waals surface area contributed by atoms with Crippen LogP contribution in [0, 0.1) is 18.3 Å². The van der Waals surface area contributed by atoms with E-state index in [9.17, 15) is 5.26 Å². The fourth-order valence-corrected chi connectivity index (χ4v) is 3.83. The maximum Gasteiger partial charge on any atom is 0.232 e. The Labute approximate surface area is 179 Å². The second-order valence-electron chi connectivity index (χ2n) is 6.62. The molecule has 0 amide bonds. The SMILES string of the molecule is CCSc1ccc(-c2nn(-c3ccccc3)cc2CNc2oc(C)nc2C#N)cc1. The van der Waals surface area contributed by atoms with Gasteiger partial charge in [-0.1, -0.05) is 37.3 Å². The maximum absolute atomic E-state index is 9.25. The van der Waals surface area contributed by atoms with Crippen LogP contribution in [0.2, 0.25) is 0 Å². The predicted molar refractivity (Wildman–Crippen MR) is 119 cm³/mol. The molecule has 0 aliphatic heterocycles. The highest BCUT2D eigenvalue weighted by Crippen LogP contribution is 2.28. The Morgan fingerprint density at radius 1 is 1.13 bits per heavy atom. The van der Waals surface area contributed by atoms with Crippen molar-refractivity contribution in [2.24, 2.45) is 0 Å². The number of aromatic nitrogens is 3. The lowest BCUT2D eigenvalue weighted by molar-refractivity contribution is 0.532. The molecule has 1 N–H and O–H groups in total. The average molecular weight is 416 g/mol. The van der Waals surface area contributed by atoms with E-state index in [-0.39, 0.29) is 5.69 Å². The fourth-order valence-electron chi connectivity index (χ4n) is 3.17. The molecule has 0 atom stereocenters. The number of rotatable bonds is 7. The number of aryl methyl sites for hydroxylation is 1. The molecular formula is C23H21N5OS. The van der Waals surface area contributed by atoms with E-state index in [1.165, 1.54) is 4.90 Å². The number of nitrogens with one attached hydrogen (secondary N) is 1. The molecular weight excluding hydrogens is 394 g/mol. The summed E-state index contributed by atoms with van der Waals surface area (Å²) in [5.41, 5.74) is 4.15. The molecule has 6 nitrogen and oxygen atoms in total. The lowest BCUT2D eigenvalue weighted by Crippen LogP contribution is -2.00. The van der Waals surface area contributed by atoms with Gasteiger partial charge < -0.3 is 9.73 Å². The Kier molecular flexibility index (Phi) is 5.87. The molecule has 0 unspecified atom stereocenters. The highest BCUT2D eigenvalue weighted by atomic mass is 32.2. The van der Waals surface area contributed by atoms with Crippen LogP contribution in [-0.2, 0) is 6.54 Å². The van der Waals surface area contributed by atoms with Crippen LogP contribution in [0.3, 0.4) is 0 Å². The van der Waals surface area contributed by atoms with Gasteiger partial charge in [0.15, 0.2) is 5.89 Å². The summed E-state index contributed by atoms with van der Waals surface area (Å²) in [6.45, 7) is 4.32. The van der Waals surface area contributed by atoms with Crippen molar-refractivity contribution in [3.63, 3.8) is 0 Å². The van der Waals surface area contributed by atoms with Crippen molar-refractivity contribution in [1.82, 2.24) is 14.8 Å². The zero-order chi connectivity index (χ0) is 20.9. The van der Waals surface area contributed by atoms with Crippen molar-refractivity contribution in [2.45, 2.75) is 25.3 Å². The van der Waals surface area contributed by atoms with Crippen LogP contribution in [0.5, 0.6) is 0 Å². The van der Waals surface area contributed by atoms with E-state index in [1.807, 2.05) is 53.0 Å². The Morgan fingerprint density at radius 2 is 1.90 bits per heavy atom. The molecule has 0 saturated carbocycles. The number of para-hydroxylation sites is 1. The van der Waals surface area contributed by atoms with Crippen molar-refractivity contribution in [3.05, 3.63) is 77.9 Å². The van der Waals surface area contributed by atoms with Crippen LogP contribution in [-0.4, -0.2) is 20.5 Å². The first-order valence-corrected chi connectivity index (χ1v) is 10.6. The Hall–Kier alpha value is -3.50. The third kappa shape index (κ3) is 4.24. The molecule has 2 aromatic heterocycles. The number of hydrogen-bond donors (Lipinski definition) is 1. The largest absolute Gasteiger partial charge is 0.424 e. The number of nitriles is 1. The standard InChI is InChI=1S/C23H21N5OS/c1-3-30-20-11-9-17(10-12-20)22-18(14-25-23-21(13-24)26-16(2)29-23)15-28(27-22)19-7-5-4-6-8-19/h4-12,15,25H,3,14H2,1-2H3. The monoisotopic (exact) mass is 415 g/mol. The minimum Gasteiger partial charge on any atom is -0.424 e. The Morgan fingerprint density at radius 3 is 2.60 bits per heavy atom. The Bertz CT molecular complexity index is 1170. The summed E-state index contributed by atoms with van der Waals surface area (Å²) in [6.07, 6.45) is 2.00. The van der Waals surface area contributed by atoms with Gasteiger partial charge in [-0.25, -0.2) is 9.67 Å². The number of anilines is 1. The number of hydrogen-bond acceptors (Lipinski definition) is 6. The minimum absolute atomic E-state index is 0.255. The van der Waals surface area contributed by atoms with Crippen LogP contribution in [0.1, 0.15) is 24.1 Å². The topological polar surface area (TPSA) is 79.7 Å². The lowest BCUT2D eigenvalue weighted by atomic mass is 10.1. The predicted octanol–water partition coefficient (Wildman–Crippen LogP) is 5.43. The van der Waals surface area contributed by atoms with Crippen LogP contribution in [0.4, 0.5) is 5.88 Å². The summed E-state index contributed by atoms with van der Waals surface area (Å²) in [6, 6.07) is 20.5. The first-order valence-electron chi connectivity index (χ1n) is 9.66. The molecule has 0 saturated heterocycles. The molecule has 7 heteroatoms. The van der Waals surface area contributed by atoms with Gasteiger partial charge in [0.05, 0.1) is 11.4 Å². The molecule has 2 heterocycles. The van der Waals surface area contributed by atoms with Crippen LogP contribution < -0.4 is 5.32 Å². The minimum atomic E-state index is 0.255. The molecule has 0 bridgehead atoms. The average Bonchev–Trinajstić information content (AvgIpc) is 3.36. The molecule has 4 rings (SSSR count). The number of nitrogens with zero attached hydrogens (tertiary/aromatic N) is 4. The summed E-state index contributed by atoms with van der Waals surface area (Å²) in [7, 11) is 0. The summed E-state index contributed by atoms with van der Waals surface area (Å²) in [5, 5.41) is 17.3. The van der Waals surface area contributed by atoms with Gasteiger partial charge in [0.25, 0.3) is 0 Å². The first kappa shape index (κ1) is 19.8. The summed E-state index contributed by atoms with van der Waals surface area (Å²) in [5.74, 6) is 1.87. The van der Waals surface area contributed by atoms with E-state index in [0.717, 1.165) is 28.3 Å². The van der Waals surface area contributed by atoms with Gasteiger partial charge in [0, 0.05) is 35.7 Å². The summed E-state index contributed by atoms with van der Waals surface area (Å²) in [4.78, 5) is 5.32. The normalized spacial score (nSPS) is 10.7. The maximum atomic E-state index is 9.25. The van der Waals surface area contributed by atoms with Gasteiger partial charge in [-0.15, -0.1) is 11.8 Å². The van der Waals surface area contributed by atoms with E-state index < -0.39 is 0 Å². The van der Waals surface area contributed by atoms with E-state index in [1.54, 1.807) is 6.92 Å². The van der Waals surface area contributed by atoms with Crippen molar-refractivity contribution >= 4 is 17.6 Å². The second kappa shape index (κ2) is 8.89. The van der Waals surface area contributed by atoms with Crippen LogP contribution in [0.25, 0.3) is 16.9 Å². The van der Waals surface area contributed by atoms with E-state index in [2.05, 4.69) is 47.6 Å². The van der Waals surface area contributed by atoms with Gasteiger partial charge >= 0.3 is 0 Å². The lowest BCUT2D eigenvalue weighted by Gasteiger charge is -2.05. The number of thioether (sulfide) groups is 1. The summed E-state index contributed by atoms with van der Waals surface area (Å²) < 4.78 is 7.41. The Balaban J connectivity index is 1.68. The van der Waals surface area contributed by atoms with Crippen LogP contribution >= 0.6 is 11.8 Å². The van der Waals surface area contributed by atoms with Crippen molar-refractivity contribution in [3.8, 4) is 23.0 Å². The molecule has 30 heavy (non-hydrogen) atoms. The van der Waals surface area contributed by atoms with Gasteiger partial charge in [0.2, 0.25) is 11.6 Å². The second-order valence-corrected chi connectivity index (χ2v) is 7.95. The van der Waals surface area contributed by atoms with Crippen molar-refractivity contribution in [1.29, 1.82) is 5.26 Å². The third-order valence-electron chi connectivity index (χ3n) is 4.53. The zero-order valence-electron chi connectivity index (χ0n) is 16.8. The molecule has 0 aliphatic rings. The van der Waals surface area contributed by atoms with Gasteiger partial charge in [0.1, 0.15) is 6.07 Å². The highest BCUT2D eigenvalue weighted by Gasteiger charge is 2.15. The molecule has 0 spiro atoms. The quantitative estimate of drug-likeness (QED) is 0.405. The molecule has 0 radical (unpaired) electrons. The highest BCUT2D eigenvalue weighted by molar-refractivity contribution is 7.99. The molecule has 0 fully saturated rings. The van der Waals surface area contributed by atoms with Gasteiger partial charge in [-0.2, -0.15) is 10.4 Å². The molecule has 0 aliphatic carbocycles. The third-order valence-corrected chi connectivity index (χ3v) is 5.42. The number of oxazole rings is 1. The van der Waals surface area contributed by atoms with Crippen LogP contribution in [0.15, 0.2) is 70.1 Å². The fraction of sp³-hybridized carbons (Fsp3) is 0.174. The van der Waals surface area contributed by atoms with E-state index in [4.69, 9.17) is 9.52 Å². The zero-order valence-corrected chi connectivity index (χ0v) is 17.6. The van der Waals surface area contributed by atoms with Crippen molar-refractivity contribution < 1.29 is 4.42 Å². The molecule has 2 aromatic carbocycles.